The molecule has 1 N–H and O–H groups in total. The highest BCUT2D eigenvalue weighted by atomic mass is 35.5. The first-order valence-corrected chi connectivity index (χ1v) is 6.51. The van der Waals surface area contributed by atoms with Crippen LogP contribution in [0.25, 0.3) is 0 Å². The molecule has 5 heteroatoms. The number of nitrogens with one attached hydrogen (secondary N) is 1. The Bertz CT molecular complexity index is 395. The molecule has 18 heavy (non-hydrogen) atoms. The minimum atomic E-state index is -2.85. The molecule has 0 heterocycles. The van der Waals surface area contributed by atoms with Gasteiger partial charge in [0, 0.05) is 12.2 Å². The van der Waals surface area contributed by atoms with Crippen molar-refractivity contribution < 1.29 is 13.5 Å². The number of halogens is 3. The average molecular weight is 276 g/mol. The number of anilines is 1. The number of alkyl halides is 2. The van der Waals surface area contributed by atoms with E-state index in [9.17, 15) is 8.78 Å². The van der Waals surface area contributed by atoms with Gasteiger partial charge in [0.2, 0.25) is 0 Å². The standard InChI is InChI=1S/C13H16ClF2NO/c14-11-7-10(5-6-12(11)18-13(15)16)17-8-9-3-1-2-4-9/h5-7,9,13,17H,1-4,8H2. The Morgan fingerprint density at radius 2 is 2.06 bits per heavy atom. The zero-order chi connectivity index (χ0) is 13.0. The number of benzene rings is 1. The SMILES string of the molecule is FC(F)Oc1ccc(NCC2CCCC2)cc1Cl. The lowest BCUT2D eigenvalue weighted by Gasteiger charge is -2.13. The maximum absolute atomic E-state index is 12.1. The van der Waals surface area contributed by atoms with Gasteiger partial charge in [-0.2, -0.15) is 8.78 Å². The van der Waals surface area contributed by atoms with Gasteiger partial charge in [-0.05, 0) is 37.0 Å². The van der Waals surface area contributed by atoms with E-state index in [1.807, 2.05) is 0 Å². The Labute approximate surface area is 110 Å². The molecule has 1 aromatic rings. The molecule has 1 fully saturated rings. The lowest BCUT2D eigenvalue weighted by atomic mass is 10.1. The van der Waals surface area contributed by atoms with Crippen LogP contribution in [0.5, 0.6) is 5.75 Å². The predicted molar refractivity (Wildman–Crippen MR) is 68.5 cm³/mol. The Balaban J connectivity index is 1.91. The van der Waals surface area contributed by atoms with Crippen molar-refractivity contribution in [3.8, 4) is 5.75 Å². The summed E-state index contributed by atoms with van der Waals surface area (Å²) in [7, 11) is 0. The van der Waals surface area contributed by atoms with Crippen LogP contribution in [0.4, 0.5) is 14.5 Å². The summed E-state index contributed by atoms with van der Waals surface area (Å²) < 4.78 is 28.4. The summed E-state index contributed by atoms with van der Waals surface area (Å²) in [4.78, 5) is 0. The summed E-state index contributed by atoms with van der Waals surface area (Å²) >= 11 is 5.87. The van der Waals surface area contributed by atoms with Crippen molar-refractivity contribution in [1.82, 2.24) is 0 Å². The molecule has 0 radical (unpaired) electrons. The van der Waals surface area contributed by atoms with Gasteiger partial charge in [0.15, 0.2) is 0 Å². The average Bonchev–Trinajstić information content (AvgIpc) is 2.82. The minimum absolute atomic E-state index is 0.0121. The number of ether oxygens (including phenoxy) is 1. The van der Waals surface area contributed by atoms with Crippen LogP contribution >= 0.6 is 11.6 Å². The Hall–Kier alpha value is -1.03. The third kappa shape index (κ3) is 3.73. The van der Waals surface area contributed by atoms with Crippen LogP contribution in [0.15, 0.2) is 18.2 Å². The fourth-order valence-corrected chi connectivity index (χ4v) is 2.50. The molecule has 0 amide bonds. The Kier molecular flexibility index (Phi) is 4.64. The number of hydrogen-bond donors (Lipinski definition) is 1. The van der Waals surface area contributed by atoms with E-state index < -0.39 is 6.61 Å². The highest BCUT2D eigenvalue weighted by Gasteiger charge is 2.15. The van der Waals surface area contributed by atoms with Crippen molar-refractivity contribution in [2.75, 3.05) is 11.9 Å². The van der Waals surface area contributed by atoms with Gasteiger partial charge in [0.05, 0.1) is 5.02 Å². The van der Waals surface area contributed by atoms with E-state index in [4.69, 9.17) is 11.6 Å². The van der Waals surface area contributed by atoms with Gasteiger partial charge in [-0.1, -0.05) is 24.4 Å². The monoisotopic (exact) mass is 275 g/mol. The molecule has 0 spiro atoms. The molecule has 0 aromatic heterocycles. The largest absolute Gasteiger partial charge is 0.433 e. The van der Waals surface area contributed by atoms with Gasteiger partial charge in [-0.15, -0.1) is 0 Å². The van der Waals surface area contributed by atoms with Crippen LogP contribution < -0.4 is 10.1 Å². The van der Waals surface area contributed by atoms with Crippen molar-refractivity contribution in [2.45, 2.75) is 32.3 Å². The van der Waals surface area contributed by atoms with Crippen molar-refractivity contribution in [3.05, 3.63) is 23.2 Å². The fraction of sp³-hybridized carbons (Fsp3) is 0.538. The molecular weight excluding hydrogens is 260 g/mol. The van der Waals surface area contributed by atoms with Crippen molar-refractivity contribution >= 4 is 17.3 Å². The molecule has 1 saturated carbocycles. The number of rotatable bonds is 5. The van der Waals surface area contributed by atoms with Gasteiger partial charge < -0.3 is 10.1 Å². The zero-order valence-electron chi connectivity index (χ0n) is 9.96. The van der Waals surface area contributed by atoms with E-state index in [1.54, 1.807) is 12.1 Å². The van der Waals surface area contributed by atoms with Crippen LogP contribution in [0, 0.1) is 5.92 Å². The highest BCUT2D eigenvalue weighted by Crippen LogP contribution is 2.30. The van der Waals surface area contributed by atoms with Crippen molar-refractivity contribution in [3.63, 3.8) is 0 Å². The Morgan fingerprint density at radius 3 is 2.67 bits per heavy atom. The van der Waals surface area contributed by atoms with Crippen LogP contribution in [0.2, 0.25) is 5.02 Å². The smallest absolute Gasteiger partial charge is 0.387 e. The second-order valence-electron chi connectivity index (χ2n) is 4.56. The predicted octanol–water partition coefficient (Wildman–Crippen LogP) is 4.54. The molecule has 100 valence electrons. The molecule has 0 atom stereocenters. The summed E-state index contributed by atoms with van der Waals surface area (Å²) in [5.74, 6) is 0.721. The zero-order valence-corrected chi connectivity index (χ0v) is 10.7. The van der Waals surface area contributed by atoms with E-state index in [-0.39, 0.29) is 10.8 Å². The van der Waals surface area contributed by atoms with E-state index in [0.717, 1.165) is 12.2 Å². The molecule has 2 nitrogen and oxygen atoms in total. The van der Waals surface area contributed by atoms with E-state index in [1.165, 1.54) is 31.7 Å². The van der Waals surface area contributed by atoms with Crippen LogP contribution in [0.1, 0.15) is 25.7 Å². The highest BCUT2D eigenvalue weighted by molar-refractivity contribution is 6.32. The molecular formula is C13H16ClF2NO. The summed E-state index contributed by atoms with van der Waals surface area (Å²) in [5, 5.41) is 3.48. The first-order chi connectivity index (χ1) is 8.65. The van der Waals surface area contributed by atoms with Crippen LogP contribution in [-0.2, 0) is 0 Å². The van der Waals surface area contributed by atoms with Gasteiger partial charge in [0.1, 0.15) is 5.75 Å². The third-order valence-corrected chi connectivity index (χ3v) is 3.51. The van der Waals surface area contributed by atoms with E-state index in [0.29, 0.717) is 5.92 Å². The lowest BCUT2D eigenvalue weighted by molar-refractivity contribution is -0.0497. The summed E-state index contributed by atoms with van der Waals surface area (Å²) in [6.45, 7) is -1.94. The quantitative estimate of drug-likeness (QED) is 0.851. The second kappa shape index (κ2) is 6.23. The molecule has 0 aliphatic heterocycles. The van der Waals surface area contributed by atoms with Crippen LogP contribution in [0.3, 0.4) is 0 Å². The topological polar surface area (TPSA) is 21.3 Å². The molecule has 0 unspecified atom stereocenters. The third-order valence-electron chi connectivity index (χ3n) is 3.22. The molecule has 1 aliphatic carbocycles. The maximum atomic E-state index is 12.1. The Morgan fingerprint density at radius 1 is 1.33 bits per heavy atom. The first kappa shape index (κ1) is 13.4. The lowest BCUT2D eigenvalue weighted by Crippen LogP contribution is -2.11. The minimum Gasteiger partial charge on any atom is -0.433 e. The molecule has 0 saturated heterocycles. The van der Waals surface area contributed by atoms with Crippen LogP contribution in [-0.4, -0.2) is 13.2 Å². The van der Waals surface area contributed by atoms with Gasteiger partial charge in [0.25, 0.3) is 0 Å². The van der Waals surface area contributed by atoms with E-state index in [2.05, 4.69) is 10.1 Å². The summed E-state index contributed by atoms with van der Waals surface area (Å²) in [6.07, 6.45) is 5.11. The van der Waals surface area contributed by atoms with Gasteiger partial charge in [-0.3, -0.25) is 0 Å². The molecule has 2 rings (SSSR count). The molecule has 1 aliphatic rings. The van der Waals surface area contributed by atoms with Crippen molar-refractivity contribution in [1.29, 1.82) is 0 Å². The first-order valence-electron chi connectivity index (χ1n) is 6.13. The van der Waals surface area contributed by atoms with Gasteiger partial charge in [-0.25, -0.2) is 0 Å². The maximum Gasteiger partial charge on any atom is 0.387 e. The number of hydrogen-bond acceptors (Lipinski definition) is 2. The second-order valence-corrected chi connectivity index (χ2v) is 4.96. The fourth-order valence-electron chi connectivity index (χ4n) is 2.28. The van der Waals surface area contributed by atoms with Gasteiger partial charge >= 0.3 is 6.61 Å². The summed E-state index contributed by atoms with van der Waals surface area (Å²) in [6, 6.07) is 4.79. The molecule has 0 bridgehead atoms. The summed E-state index contributed by atoms with van der Waals surface area (Å²) in [5.41, 5.74) is 0.841. The van der Waals surface area contributed by atoms with E-state index >= 15 is 0 Å². The van der Waals surface area contributed by atoms with Crippen molar-refractivity contribution in [2.24, 2.45) is 5.92 Å². The molecule has 1 aromatic carbocycles. The normalized spacial score (nSPS) is 16.2.